The maximum atomic E-state index is 12.4. The van der Waals surface area contributed by atoms with Crippen LogP contribution in [0.5, 0.6) is 0 Å². The van der Waals surface area contributed by atoms with Crippen molar-refractivity contribution in [3.8, 4) is 22.0 Å². The van der Waals surface area contributed by atoms with Crippen LogP contribution < -0.4 is 5.32 Å². The molecule has 4 aromatic heterocycles. The van der Waals surface area contributed by atoms with Crippen LogP contribution in [0.15, 0.2) is 48.4 Å². The predicted molar refractivity (Wildman–Crippen MR) is 119 cm³/mol. The van der Waals surface area contributed by atoms with Crippen LogP contribution in [0.3, 0.4) is 0 Å². The number of likely N-dealkylation sites (N-methyl/N-ethyl adjacent to an activating group) is 1. The second-order valence-corrected chi connectivity index (χ2v) is 8.43. The lowest BCUT2D eigenvalue weighted by atomic mass is 9.92. The zero-order valence-corrected chi connectivity index (χ0v) is 18.2. The topological polar surface area (TPSA) is 122 Å². The molecule has 1 fully saturated rings. The minimum absolute atomic E-state index is 0.315. The van der Waals surface area contributed by atoms with E-state index in [1.165, 1.54) is 22.4 Å². The monoisotopic (exact) mass is 448 g/mol. The summed E-state index contributed by atoms with van der Waals surface area (Å²) in [5.74, 6) is 0.900. The van der Waals surface area contributed by atoms with Gasteiger partial charge in [0, 0.05) is 68.2 Å². The number of anilines is 2. The summed E-state index contributed by atoms with van der Waals surface area (Å²) in [4.78, 5) is 31.7. The Morgan fingerprint density at radius 1 is 1.16 bits per heavy atom. The molecule has 11 heteroatoms. The summed E-state index contributed by atoms with van der Waals surface area (Å²) in [6.07, 6.45) is 6.90. The van der Waals surface area contributed by atoms with Crippen molar-refractivity contribution in [3.63, 3.8) is 0 Å². The summed E-state index contributed by atoms with van der Waals surface area (Å²) in [6, 6.07) is 5.40. The molecule has 1 aliphatic heterocycles. The fraction of sp³-hybridized carbons (Fsp3) is 0.238. The van der Waals surface area contributed by atoms with Crippen LogP contribution in [0.4, 0.5) is 11.8 Å². The van der Waals surface area contributed by atoms with Crippen LogP contribution in [0, 0.1) is 0 Å². The van der Waals surface area contributed by atoms with Gasteiger partial charge in [0.15, 0.2) is 5.60 Å². The third-order valence-corrected chi connectivity index (χ3v) is 6.33. The van der Waals surface area contributed by atoms with Gasteiger partial charge in [0.05, 0.1) is 11.9 Å². The number of aryl methyl sites for hydroxylation is 1. The number of carbonyl (C=O) groups excluding carboxylic acids is 1. The van der Waals surface area contributed by atoms with Crippen molar-refractivity contribution >= 4 is 29.0 Å². The number of carbonyl (C=O) groups is 1. The number of aromatic nitrogens is 6. The number of hydrogen-bond donors (Lipinski definition) is 2. The van der Waals surface area contributed by atoms with E-state index >= 15 is 0 Å². The summed E-state index contributed by atoms with van der Waals surface area (Å²) < 4.78 is 1.69. The number of thiazole rings is 1. The minimum atomic E-state index is -1.55. The van der Waals surface area contributed by atoms with Crippen molar-refractivity contribution in [2.75, 3.05) is 18.9 Å². The van der Waals surface area contributed by atoms with E-state index in [1.54, 1.807) is 42.5 Å². The van der Waals surface area contributed by atoms with E-state index in [-0.39, 0.29) is 5.91 Å². The Kier molecular flexibility index (Phi) is 4.91. The van der Waals surface area contributed by atoms with Gasteiger partial charge in [-0.15, -0.1) is 11.3 Å². The third kappa shape index (κ3) is 3.51. The van der Waals surface area contributed by atoms with Gasteiger partial charge in [-0.2, -0.15) is 5.10 Å². The Balaban J connectivity index is 1.42. The second-order valence-electron chi connectivity index (χ2n) is 7.57. The molecule has 5 heterocycles. The normalized spacial score (nSPS) is 18.3. The maximum Gasteiger partial charge on any atom is 0.259 e. The summed E-state index contributed by atoms with van der Waals surface area (Å²) in [6.45, 7) is 0.503. The Hall–Kier alpha value is -3.70. The van der Waals surface area contributed by atoms with Crippen molar-refractivity contribution in [2.45, 2.75) is 12.0 Å². The van der Waals surface area contributed by atoms with Crippen molar-refractivity contribution in [3.05, 3.63) is 53.9 Å². The first-order chi connectivity index (χ1) is 15.4. The number of hydrogen-bond acceptors (Lipinski definition) is 9. The van der Waals surface area contributed by atoms with E-state index in [2.05, 4.69) is 25.4 Å². The molecule has 1 atom stereocenters. The Labute approximate surface area is 187 Å². The molecule has 0 aromatic carbocycles. The van der Waals surface area contributed by atoms with Gasteiger partial charge in [-0.05, 0) is 12.1 Å². The standard InChI is InChI=1S/C21H20N8O2S/c1-28-8-5-21(31,19(28)30)14-9-13(10-22-11-14)16-12-32-18(25-16)15-3-6-23-20(26-15)27-17-4-7-24-29(17)2/h3-4,6-7,9-12,31H,5,8H2,1-2H3,(H,23,26,27)/t21-/m0/s1. The summed E-state index contributed by atoms with van der Waals surface area (Å²) in [5.41, 5.74) is 1.03. The predicted octanol–water partition coefficient (Wildman–Crippen LogP) is 2.19. The Morgan fingerprint density at radius 3 is 2.78 bits per heavy atom. The van der Waals surface area contributed by atoms with Gasteiger partial charge in [0.25, 0.3) is 5.91 Å². The molecule has 1 amide bonds. The van der Waals surface area contributed by atoms with Gasteiger partial charge in [-0.1, -0.05) is 0 Å². The molecular weight excluding hydrogens is 428 g/mol. The SMILES string of the molecule is CN1CC[C@](O)(c2cncc(-c3csc(-c4ccnc(Nc5ccnn5C)n4)n3)c2)C1=O. The minimum Gasteiger partial charge on any atom is -0.375 e. The molecule has 162 valence electrons. The number of rotatable bonds is 5. The van der Waals surface area contributed by atoms with Crippen LogP contribution in [-0.2, 0) is 17.4 Å². The summed E-state index contributed by atoms with van der Waals surface area (Å²) >= 11 is 1.44. The molecule has 32 heavy (non-hydrogen) atoms. The number of pyridine rings is 1. The van der Waals surface area contributed by atoms with Gasteiger partial charge in [-0.3, -0.25) is 14.5 Å². The molecule has 1 saturated heterocycles. The van der Waals surface area contributed by atoms with E-state index in [4.69, 9.17) is 4.98 Å². The zero-order valence-electron chi connectivity index (χ0n) is 17.4. The molecule has 10 nitrogen and oxygen atoms in total. The van der Waals surface area contributed by atoms with Crippen molar-refractivity contribution in [1.82, 2.24) is 34.6 Å². The molecule has 0 unspecified atom stereocenters. The molecule has 0 radical (unpaired) electrons. The Morgan fingerprint density at radius 2 is 2.03 bits per heavy atom. The van der Waals surface area contributed by atoms with Gasteiger partial charge in [0.2, 0.25) is 5.95 Å². The fourth-order valence-corrected chi connectivity index (χ4v) is 4.40. The average Bonchev–Trinajstić information content (AvgIpc) is 3.52. The lowest BCUT2D eigenvalue weighted by molar-refractivity contribution is -0.143. The molecule has 4 aromatic rings. The van der Waals surface area contributed by atoms with Crippen LogP contribution in [0.25, 0.3) is 22.0 Å². The average molecular weight is 449 g/mol. The maximum absolute atomic E-state index is 12.4. The van der Waals surface area contributed by atoms with Gasteiger partial charge in [0.1, 0.15) is 16.5 Å². The van der Waals surface area contributed by atoms with Gasteiger partial charge >= 0.3 is 0 Å². The number of aliphatic hydroxyl groups is 1. The van der Waals surface area contributed by atoms with E-state index in [1.807, 2.05) is 18.5 Å². The first-order valence-electron chi connectivity index (χ1n) is 9.92. The molecule has 0 spiro atoms. The van der Waals surface area contributed by atoms with Crippen LogP contribution in [-0.4, -0.2) is 59.2 Å². The van der Waals surface area contributed by atoms with Crippen LogP contribution in [0.2, 0.25) is 0 Å². The molecule has 0 saturated carbocycles. The first kappa shape index (κ1) is 20.2. The van der Waals surface area contributed by atoms with E-state index < -0.39 is 5.60 Å². The van der Waals surface area contributed by atoms with Crippen molar-refractivity contribution < 1.29 is 9.90 Å². The number of amides is 1. The fourth-order valence-electron chi connectivity index (χ4n) is 3.60. The van der Waals surface area contributed by atoms with E-state index in [0.29, 0.717) is 35.9 Å². The van der Waals surface area contributed by atoms with Gasteiger partial charge in [-0.25, -0.2) is 15.0 Å². The quantitative estimate of drug-likeness (QED) is 0.476. The zero-order chi connectivity index (χ0) is 22.3. The third-order valence-electron chi connectivity index (χ3n) is 5.46. The molecular formula is C21H20N8O2S. The molecule has 5 rings (SSSR count). The number of likely N-dealkylation sites (tertiary alicyclic amines) is 1. The molecule has 1 aliphatic rings. The highest BCUT2D eigenvalue weighted by molar-refractivity contribution is 7.13. The molecule has 2 N–H and O–H groups in total. The molecule has 0 bridgehead atoms. The highest BCUT2D eigenvalue weighted by Crippen LogP contribution is 2.35. The summed E-state index contributed by atoms with van der Waals surface area (Å²) in [5, 5.41) is 20.8. The Bertz CT molecular complexity index is 1300. The number of nitrogens with zero attached hydrogens (tertiary/aromatic N) is 7. The second kappa shape index (κ2) is 7.77. The van der Waals surface area contributed by atoms with Gasteiger partial charge < -0.3 is 15.3 Å². The molecule has 0 aliphatic carbocycles. The highest BCUT2D eigenvalue weighted by Gasteiger charge is 2.45. The number of nitrogens with one attached hydrogen (secondary N) is 1. The van der Waals surface area contributed by atoms with E-state index in [0.717, 1.165) is 16.4 Å². The van der Waals surface area contributed by atoms with Crippen molar-refractivity contribution in [2.24, 2.45) is 7.05 Å². The largest absolute Gasteiger partial charge is 0.375 e. The van der Waals surface area contributed by atoms with Crippen molar-refractivity contribution in [1.29, 1.82) is 0 Å². The van der Waals surface area contributed by atoms with Crippen LogP contribution >= 0.6 is 11.3 Å². The highest BCUT2D eigenvalue weighted by atomic mass is 32.1. The smallest absolute Gasteiger partial charge is 0.259 e. The first-order valence-corrected chi connectivity index (χ1v) is 10.8. The lowest BCUT2D eigenvalue weighted by Gasteiger charge is -2.21. The lowest BCUT2D eigenvalue weighted by Crippen LogP contribution is -2.36. The van der Waals surface area contributed by atoms with E-state index in [9.17, 15) is 9.90 Å². The summed E-state index contributed by atoms with van der Waals surface area (Å²) in [7, 11) is 3.51. The van der Waals surface area contributed by atoms with Crippen LogP contribution in [0.1, 0.15) is 12.0 Å².